The molecule has 0 radical (unpaired) electrons. The van der Waals surface area contributed by atoms with Crippen LogP contribution in [-0.2, 0) is 27.8 Å². The molecule has 1 amide bonds. The molecule has 1 aromatic heterocycles. The molecular formula is C22H27N3O3S. The first-order chi connectivity index (χ1) is 14.0. The van der Waals surface area contributed by atoms with E-state index in [1.807, 2.05) is 23.1 Å². The number of pyridine rings is 1. The number of aromatic nitrogens is 1. The van der Waals surface area contributed by atoms with Crippen molar-refractivity contribution in [3.63, 3.8) is 0 Å². The van der Waals surface area contributed by atoms with Gasteiger partial charge in [0.1, 0.15) is 0 Å². The second-order valence-electron chi connectivity index (χ2n) is 7.86. The number of carbonyl (C=O) groups is 1. The predicted octanol–water partition coefficient (Wildman–Crippen LogP) is 2.99. The molecule has 29 heavy (non-hydrogen) atoms. The van der Waals surface area contributed by atoms with Crippen molar-refractivity contribution in [3.8, 4) is 0 Å². The molecular weight excluding hydrogens is 386 g/mol. The van der Waals surface area contributed by atoms with E-state index in [9.17, 15) is 13.2 Å². The third-order valence-electron chi connectivity index (χ3n) is 5.60. The molecule has 2 aromatic rings. The van der Waals surface area contributed by atoms with Crippen LogP contribution in [0.15, 0.2) is 53.6 Å². The molecule has 1 saturated heterocycles. The molecule has 7 heteroatoms. The molecule has 2 heterocycles. The monoisotopic (exact) mass is 413 g/mol. The van der Waals surface area contributed by atoms with Gasteiger partial charge in [-0.15, -0.1) is 0 Å². The number of amides is 1. The Labute approximate surface area is 172 Å². The first-order valence-corrected chi connectivity index (χ1v) is 11.8. The summed E-state index contributed by atoms with van der Waals surface area (Å²) in [6.07, 6.45) is 7.00. The first-order valence-electron chi connectivity index (χ1n) is 10.3. The van der Waals surface area contributed by atoms with E-state index in [-0.39, 0.29) is 12.3 Å². The summed E-state index contributed by atoms with van der Waals surface area (Å²) in [6.45, 7) is 1.70. The number of piperidine rings is 1. The number of hydrogen-bond acceptors (Lipinski definition) is 4. The van der Waals surface area contributed by atoms with Crippen LogP contribution in [0.4, 0.5) is 0 Å². The number of nitrogens with zero attached hydrogens (tertiary/aromatic N) is 3. The van der Waals surface area contributed by atoms with E-state index < -0.39 is 10.0 Å². The van der Waals surface area contributed by atoms with Gasteiger partial charge in [0.25, 0.3) is 0 Å². The molecule has 4 rings (SSSR count). The third kappa shape index (κ3) is 4.85. The zero-order chi connectivity index (χ0) is 20.3. The molecule has 0 bridgehead atoms. The van der Waals surface area contributed by atoms with Gasteiger partial charge in [-0.05, 0) is 55.5 Å². The van der Waals surface area contributed by atoms with E-state index in [0.717, 1.165) is 43.4 Å². The average Bonchev–Trinajstić information content (AvgIpc) is 3.59. The van der Waals surface area contributed by atoms with Crippen LogP contribution in [0.25, 0.3) is 0 Å². The number of rotatable bonds is 7. The van der Waals surface area contributed by atoms with Crippen LogP contribution >= 0.6 is 0 Å². The van der Waals surface area contributed by atoms with Gasteiger partial charge in [0.2, 0.25) is 15.9 Å². The number of sulfonamides is 1. The summed E-state index contributed by atoms with van der Waals surface area (Å²) in [5.74, 6) is 0.0600. The molecule has 0 atom stereocenters. The molecule has 0 unspecified atom stereocenters. The maximum absolute atomic E-state index is 12.9. The van der Waals surface area contributed by atoms with Crippen LogP contribution in [0.3, 0.4) is 0 Å². The largest absolute Gasteiger partial charge is 0.334 e. The highest BCUT2D eigenvalue weighted by atomic mass is 32.2. The van der Waals surface area contributed by atoms with Gasteiger partial charge in [0, 0.05) is 25.3 Å². The van der Waals surface area contributed by atoms with Crippen LogP contribution in [-0.4, -0.2) is 47.6 Å². The average molecular weight is 414 g/mol. The molecule has 2 fully saturated rings. The van der Waals surface area contributed by atoms with Crippen molar-refractivity contribution in [3.05, 3.63) is 59.9 Å². The Morgan fingerprint density at radius 1 is 1.03 bits per heavy atom. The molecule has 0 N–H and O–H groups in total. The molecule has 1 aromatic carbocycles. The number of benzene rings is 1. The minimum Gasteiger partial charge on any atom is -0.334 e. The van der Waals surface area contributed by atoms with Crippen LogP contribution in [0.1, 0.15) is 43.4 Å². The summed E-state index contributed by atoms with van der Waals surface area (Å²) >= 11 is 0. The Bertz CT molecular complexity index is 935. The SMILES string of the molecule is O=C(Cc1ccc(S(=O)(=O)N2CCCCC2)cc1)N(Cc1ccccn1)C1CC1. The fourth-order valence-corrected chi connectivity index (χ4v) is 5.30. The van der Waals surface area contributed by atoms with E-state index in [4.69, 9.17) is 0 Å². The lowest BCUT2D eigenvalue weighted by atomic mass is 10.1. The summed E-state index contributed by atoms with van der Waals surface area (Å²) in [5.41, 5.74) is 1.72. The summed E-state index contributed by atoms with van der Waals surface area (Å²) < 4.78 is 27.1. The van der Waals surface area contributed by atoms with Crippen molar-refractivity contribution in [2.45, 2.75) is 56.0 Å². The zero-order valence-electron chi connectivity index (χ0n) is 16.5. The molecule has 1 aliphatic heterocycles. The van der Waals surface area contributed by atoms with E-state index in [1.54, 1.807) is 34.8 Å². The highest BCUT2D eigenvalue weighted by molar-refractivity contribution is 7.89. The fraction of sp³-hybridized carbons (Fsp3) is 0.455. The number of carbonyl (C=O) groups excluding carboxylic acids is 1. The Morgan fingerprint density at radius 3 is 2.38 bits per heavy atom. The van der Waals surface area contributed by atoms with Gasteiger partial charge >= 0.3 is 0 Å². The summed E-state index contributed by atoms with van der Waals surface area (Å²) in [5, 5.41) is 0. The van der Waals surface area contributed by atoms with Gasteiger partial charge in [0.15, 0.2) is 0 Å². The highest BCUT2D eigenvalue weighted by Crippen LogP contribution is 2.29. The topological polar surface area (TPSA) is 70.6 Å². The van der Waals surface area contributed by atoms with Gasteiger partial charge in [-0.25, -0.2) is 8.42 Å². The second-order valence-corrected chi connectivity index (χ2v) is 9.80. The van der Waals surface area contributed by atoms with Crippen molar-refractivity contribution >= 4 is 15.9 Å². The normalized spacial score (nSPS) is 17.8. The zero-order valence-corrected chi connectivity index (χ0v) is 17.4. The van der Waals surface area contributed by atoms with Crippen LogP contribution in [0, 0.1) is 0 Å². The number of hydrogen-bond donors (Lipinski definition) is 0. The molecule has 0 spiro atoms. The van der Waals surface area contributed by atoms with Gasteiger partial charge in [0.05, 0.1) is 23.6 Å². The smallest absolute Gasteiger partial charge is 0.243 e. The predicted molar refractivity (Wildman–Crippen MR) is 111 cm³/mol. The molecule has 1 aliphatic carbocycles. The lowest BCUT2D eigenvalue weighted by Gasteiger charge is -2.26. The van der Waals surface area contributed by atoms with Crippen LogP contribution in [0.2, 0.25) is 0 Å². The standard InChI is InChI=1S/C22H27N3O3S/c26-22(25(20-9-10-20)17-19-6-2-3-13-23-19)16-18-7-11-21(12-8-18)29(27,28)24-14-4-1-5-15-24/h2-3,6-8,11-13,20H,1,4-5,9-10,14-17H2. The van der Waals surface area contributed by atoms with E-state index in [2.05, 4.69) is 4.98 Å². The molecule has 6 nitrogen and oxygen atoms in total. The van der Waals surface area contributed by atoms with Crippen molar-refractivity contribution in [2.24, 2.45) is 0 Å². The quantitative estimate of drug-likeness (QED) is 0.700. The Hall–Kier alpha value is -2.25. The molecule has 2 aliphatic rings. The van der Waals surface area contributed by atoms with Gasteiger partial charge < -0.3 is 4.90 Å². The third-order valence-corrected chi connectivity index (χ3v) is 7.51. The van der Waals surface area contributed by atoms with Crippen molar-refractivity contribution < 1.29 is 13.2 Å². The van der Waals surface area contributed by atoms with Gasteiger partial charge in [-0.1, -0.05) is 24.6 Å². The van der Waals surface area contributed by atoms with Crippen molar-refractivity contribution in [1.82, 2.24) is 14.2 Å². The van der Waals surface area contributed by atoms with Crippen molar-refractivity contribution in [2.75, 3.05) is 13.1 Å². The second kappa shape index (κ2) is 8.63. The minimum atomic E-state index is -3.44. The van der Waals surface area contributed by atoms with Crippen molar-refractivity contribution in [1.29, 1.82) is 0 Å². The fourth-order valence-electron chi connectivity index (χ4n) is 3.78. The maximum Gasteiger partial charge on any atom is 0.243 e. The lowest BCUT2D eigenvalue weighted by Crippen LogP contribution is -2.35. The first kappa shape index (κ1) is 20.0. The summed E-state index contributed by atoms with van der Waals surface area (Å²) in [4.78, 5) is 19.4. The Morgan fingerprint density at radius 2 is 1.76 bits per heavy atom. The summed E-state index contributed by atoms with van der Waals surface area (Å²) in [6, 6.07) is 12.8. The van der Waals surface area contributed by atoms with E-state index in [0.29, 0.717) is 30.6 Å². The van der Waals surface area contributed by atoms with Crippen LogP contribution < -0.4 is 0 Å². The molecule has 154 valence electrons. The lowest BCUT2D eigenvalue weighted by molar-refractivity contribution is -0.131. The van der Waals surface area contributed by atoms with Gasteiger partial charge in [-0.3, -0.25) is 9.78 Å². The maximum atomic E-state index is 12.9. The van der Waals surface area contributed by atoms with E-state index in [1.165, 1.54) is 0 Å². The minimum absolute atomic E-state index is 0.0600. The Kier molecular flexibility index (Phi) is 5.96. The molecule has 1 saturated carbocycles. The van der Waals surface area contributed by atoms with Gasteiger partial charge in [-0.2, -0.15) is 4.31 Å². The summed E-state index contributed by atoms with van der Waals surface area (Å²) in [7, 11) is -3.44. The Balaban J connectivity index is 1.43. The van der Waals surface area contributed by atoms with E-state index >= 15 is 0 Å². The highest BCUT2D eigenvalue weighted by Gasteiger charge is 2.32. The van der Waals surface area contributed by atoms with Crippen LogP contribution in [0.5, 0.6) is 0 Å².